The first kappa shape index (κ1) is 12.4. The highest BCUT2D eigenvalue weighted by atomic mass is 16.6. The Labute approximate surface area is 116 Å². The summed E-state index contributed by atoms with van der Waals surface area (Å²) in [6.45, 7) is 2.86. The van der Waals surface area contributed by atoms with Crippen molar-refractivity contribution in [3.05, 3.63) is 76.0 Å². The fourth-order valence-electron chi connectivity index (χ4n) is 2.41. The zero-order valence-electron chi connectivity index (χ0n) is 11.1. The van der Waals surface area contributed by atoms with Crippen molar-refractivity contribution in [3.8, 4) is 0 Å². The van der Waals surface area contributed by atoms with Crippen LogP contribution in [0, 0.1) is 17.0 Å². The van der Waals surface area contributed by atoms with Gasteiger partial charge >= 0.3 is 0 Å². The van der Waals surface area contributed by atoms with Crippen LogP contribution in [-0.4, -0.2) is 9.49 Å². The predicted molar refractivity (Wildman–Crippen MR) is 78.9 cm³/mol. The largest absolute Gasteiger partial charge is 0.343 e. The summed E-state index contributed by atoms with van der Waals surface area (Å²) in [6, 6.07) is 15.1. The molecule has 0 atom stereocenters. The molecule has 100 valence electrons. The Kier molecular flexibility index (Phi) is 2.99. The van der Waals surface area contributed by atoms with Gasteiger partial charge in [0.25, 0.3) is 5.69 Å². The van der Waals surface area contributed by atoms with E-state index < -0.39 is 0 Å². The van der Waals surface area contributed by atoms with Gasteiger partial charge in [-0.2, -0.15) is 0 Å². The smallest absolute Gasteiger partial charge is 0.270 e. The highest BCUT2D eigenvalue weighted by Crippen LogP contribution is 2.23. The molecule has 0 aliphatic rings. The van der Waals surface area contributed by atoms with Gasteiger partial charge in [-0.25, -0.2) is 0 Å². The molecule has 0 bridgehead atoms. The van der Waals surface area contributed by atoms with Crippen molar-refractivity contribution in [3.63, 3.8) is 0 Å². The van der Waals surface area contributed by atoms with Crippen LogP contribution in [-0.2, 0) is 6.54 Å². The number of nitro groups is 1. The van der Waals surface area contributed by atoms with Gasteiger partial charge in [0.2, 0.25) is 0 Å². The van der Waals surface area contributed by atoms with Crippen LogP contribution in [0.4, 0.5) is 5.69 Å². The standard InChI is InChI=1S/C16H14N2O2/c1-12-4-2-3-5-14(12)11-17-9-8-13-10-15(18(19)20)6-7-16(13)17/h2-10H,11H2,1H3. The molecule has 0 amide bonds. The zero-order chi connectivity index (χ0) is 14.1. The number of nitrogens with zero attached hydrogens (tertiary/aromatic N) is 2. The summed E-state index contributed by atoms with van der Waals surface area (Å²) in [5, 5.41) is 11.7. The van der Waals surface area contributed by atoms with Crippen LogP contribution < -0.4 is 0 Å². The Hall–Kier alpha value is -2.62. The molecule has 0 unspecified atom stereocenters. The Morgan fingerprint density at radius 2 is 1.95 bits per heavy atom. The third kappa shape index (κ3) is 2.16. The summed E-state index contributed by atoms with van der Waals surface area (Å²) in [4.78, 5) is 10.4. The maximum absolute atomic E-state index is 10.8. The molecule has 0 fully saturated rings. The Bertz CT molecular complexity index is 790. The zero-order valence-corrected chi connectivity index (χ0v) is 11.1. The molecule has 4 heteroatoms. The van der Waals surface area contributed by atoms with E-state index in [1.54, 1.807) is 12.1 Å². The van der Waals surface area contributed by atoms with Crippen LogP contribution in [0.1, 0.15) is 11.1 Å². The van der Waals surface area contributed by atoms with Gasteiger partial charge in [-0.3, -0.25) is 10.1 Å². The van der Waals surface area contributed by atoms with E-state index in [0.29, 0.717) is 0 Å². The molecule has 3 rings (SSSR count). The van der Waals surface area contributed by atoms with Crippen molar-refractivity contribution >= 4 is 16.6 Å². The molecule has 3 aromatic rings. The quantitative estimate of drug-likeness (QED) is 0.533. The summed E-state index contributed by atoms with van der Waals surface area (Å²) in [6.07, 6.45) is 1.97. The Morgan fingerprint density at radius 3 is 2.70 bits per heavy atom. The fraction of sp³-hybridized carbons (Fsp3) is 0.125. The van der Waals surface area contributed by atoms with E-state index in [0.717, 1.165) is 17.4 Å². The number of non-ortho nitro benzene ring substituents is 1. The first-order valence-corrected chi connectivity index (χ1v) is 6.43. The second kappa shape index (κ2) is 4.81. The average Bonchev–Trinajstić information content (AvgIpc) is 2.84. The minimum atomic E-state index is -0.363. The fourth-order valence-corrected chi connectivity index (χ4v) is 2.41. The second-order valence-electron chi connectivity index (χ2n) is 4.87. The van der Waals surface area contributed by atoms with Crippen LogP contribution in [0.3, 0.4) is 0 Å². The molecule has 20 heavy (non-hydrogen) atoms. The number of hydrogen-bond donors (Lipinski definition) is 0. The molecule has 4 nitrogen and oxygen atoms in total. The third-order valence-corrected chi connectivity index (χ3v) is 3.57. The molecular formula is C16H14N2O2. The number of benzene rings is 2. The highest BCUT2D eigenvalue weighted by molar-refractivity contribution is 5.82. The van der Waals surface area contributed by atoms with E-state index in [1.807, 2.05) is 30.5 Å². The van der Waals surface area contributed by atoms with Gasteiger partial charge in [0.15, 0.2) is 0 Å². The van der Waals surface area contributed by atoms with E-state index >= 15 is 0 Å². The summed E-state index contributed by atoms with van der Waals surface area (Å²) >= 11 is 0. The van der Waals surface area contributed by atoms with Gasteiger partial charge < -0.3 is 4.57 Å². The molecule has 0 spiro atoms. The van der Waals surface area contributed by atoms with Crippen LogP contribution in [0.15, 0.2) is 54.7 Å². The summed E-state index contributed by atoms with van der Waals surface area (Å²) in [5.41, 5.74) is 3.64. The first-order chi connectivity index (χ1) is 9.65. The molecule has 0 saturated carbocycles. The lowest BCUT2D eigenvalue weighted by Gasteiger charge is -2.08. The number of nitro benzene ring substituents is 1. The lowest BCUT2D eigenvalue weighted by Crippen LogP contribution is -1.99. The summed E-state index contributed by atoms with van der Waals surface area (Å²) < 4.78 is 2.11. The maximum atomic E-state index is 10.8. The number of fused-ring (bicyclic) bond motifs is 1. The minimum absolute atomic E-state index is 0.131. The monoisotopic (exact) mass is 266 g/mol. The first-order valence-electron chi connectivity index (χ1n) is 6.43. The van der Waals surface area contributed by atoms with Crippen LogP contribution >= 0.6 is 0 Å². The van der Waals surface area contributed by atoms with Crippen molar-refractivity contribution in [2.24, 2.45) is 0 Å². The predicted octanol–water partition coefficient (Wildman–Crippen LogP) is 3.91. The van der Waals surface area contributed by atoms with Crippen molar-refractivity contribution in [1.82, 2.24) is 4.57 Å². The molecule has 0 aliphatic heterocycles. The van der Waals surface area contributed by atoms with E-state index in [-0.39, 0.29) is 10.6 Å². The molecule has 0 radical (unpaired) electrons. The van der Waals surface area contributed by atoms with Crippen LogP contribution in [0.25, 0.3) is 10.9 Å². The molecule has 0 saturated heterocycles. The minimum Gasteiger partial charge on any atom is -0.343 e. The third-order valence-electron chi connectivity index (χ3n) is 3.57. The topological polar surface area (TPSA) is 48.1 Å². The highest BCUT2D eigenvalue weighted by Gasteiger charge is 2.09. The van der Waals surface area contributed by atoms with Crippen molar-refractivity contribution < 1.29 is 4.92 Å². The van der Waals surface area contributed by atoms with E-state index in [2.05, 4.69) is 23.6 Å². The number of rotatable bonds is 3. The Balaban J connectivity index is 2.01. The lowest BCUT2D eigenvalue weighted by atomic mass is 10.1. The number of aromatic nitrogens is 1. The van der Waals surface area contributed by atoms with Crippen molar-refractivity contribution in [2.45, 2.75) is 13.5 Å². The molecule has 0 aliphatic carbocycles. The number of aryl methyl sites for hydroxylation is 1. The van der Waals surface area contributed by atoms with Gasteiger partial charge in [0.1, 0.15) is 0 Å². The number of hydrogen-bond acceptors (Lipinski definition) is 2. The van der Waals surface area contributed by atoms with E-state index in [9.17, 15) is 10.1 Å². The van der Waals surface area contributed by atoms with Gasteiger partial charge in [-0.1, -0.05) is 24.3 Å². The molecule has 2 aromatic carbocycles. The molecule has 1 heterocycles. The molecular weight excluding hydrogens is 252 g/mol. The van der Waals surface area contributed by atoms with Crippen LogP contribution in [0.2, 0.25) is 0 Å². The SMILES string of the molecule is Cc1ccccc1Cn1ccc2cc([N+](=O)[O-])ccc21. The second-order valence-corrected chi connectivity index (χ2v) is 4.87. The Morgan fingerprint density at radius 1 is 1.15 bits per heavy atom. The van der Waals surface area contributed by atoms with Gasteiger partial charge in [-0.15, -0.1) is 0 Å². The van der Waals surface area contributed by atoms with E-state index in [4.69, 9.17) is 0 Å². The average molecular weight is 266 g/mol. The van der Waals surface area contributed by atoms with Gasteiger partial charge in [0, 0.05) is 35.8 Å². The van der Waals surface area contributed by atoms with Crippen LogP contribution in [0.5, 0.6) is 0 Å². The summed E-state index contributed by atoms with van der Waals surface area (Å²) in [7, 11) is 0. The molecule has 1 aromatic heterocycles. The van der Waals surface area contributed by atoms with Crippen molar-refractivity contribution in [2.75, 3.05) is 0 Å². The molecule has 0 N–H and O–H groups in total. The summed E-state index contributed by atoms with van der Waals surface area (Å²) in [5.74, 6) is 0. The maximum Gasteiger partial charge on any atom is 0.270 e. The normalized spacial score (nSPS) is 10.8. The lowest BCUT2D eigenvalue weighted by molar-refractivity contribution is -0.384. The van der Waals surface area contributed by atoms with E-state index in [1.165, 1.54) is 11.1 Å². The van der Waals surface area contributed by atoms with Gasteiger partial charge in [-0.05, 0) is 30.2 Å². The van der Waals surface area contributed by atoms with Crippen molar-refractivity contribution in [1.29, 1.82) is 0 Å². The van der Waals surface area contributed by atoms with Gasteiger partial charge in [0.05, 0.1) is 4.92 Å².